The Bertz CT molecular complexity index is 625. The maximum atomic E-state index is 10.9. The number of carboxylic acids is 1. The third-order valence-corrected chi connectivity index (χ3v) is 3.00. The van der Waals surface area contributed by atoms with Crippen LogP contribution in [0.4, 0.5) is 0 Å². The minimum atomic E-state index is -0.964. The molecule has 2 rings (SSSR count). The van der Waals surface area contributed by atoms with E-state index in [1.54, 1.807) is 43.5 Å². The lowest BCUT2D eigenvalue weighted by Crippen LogP contribution is -2.00. The van der Waals surface area contributed by atoms with Crippen LogP contribution in [0.1, 0.15) is 15.9 Å². The summed E-state index contributed by atoms with van der Waals surface area (Å²) < 4.78 is 10.6. The molecule has 1 N–H and O–H groups in total. The second-order valence-corrected chi connectivity index (χ2v) is 4.50. The standard InChI is InChI=1S/C15H13ClO4/c1-19-12-5-6-14(13(16)8-12)20-9-10-3-2-4-11(7-10)15(17)18/h2-8H,9H2,1H3,(H,17,18). The average Bonchev–Trinajstić information content (AvgIpc) is 2.46. The van der Waals surface area contributed by atoms with Gasteiger partial charge in [0.2, 0.25) is 0 Å². The first-order valence-electron chi connectivity index (χ1n) is 5.88. The summed E-state index contributed by atoms with van der Waals surface area (Å²) in [6.07, 6.45) is 0. The van der Waals surface area contributed by atoms with Gasteiger partial charge in [-0.1, -0.05) is 23.7 Å². The molecule has 0 heterocycles. The largest absolute Gasteiger partial charge is 0.497 e. The van der Waals surface area contributed by atoms with Crippen molar-refractivity contribution in [3.63, 3.8) is 0 Å². The van der Waals surface area contributed by atoms with Crippen molar-refractivity contribution in [1.82, 2.24) is 0 Å². The quantitative estimate of drug-likeness (QED) is 0.914. The maximum Gasteiger partial charge on any atom is 0.335 e. The van der Waals surface area contributed by atoms with Gasteiger partial charge in [0.05, 0.1) is 17.7 Å². The number of hydrogen-bond donors (Lipinski definition) is 1. The van der Waals surface area contributed by atoms with Gasteiger partial charge in [-0.2, -0.15) is 0 Å². The molecule has 5 heteroatoms. The van der Waals surface area contributed by atoms with E-state index in [4.69, 9.17) is 26.2 Å². The van der Waals surface area contributed by atoms with Crippen molar-refractivity contribution in [3.05, 3.63) is 58.6 Å². The van der Waals surface area contributed by atoms with Crippen molar-refractivity contribution < 1.29 is 19.4 Å². The van der Waals surface area contributed by atoms with E-state index >= 15 is 0 Å². The van der Waals surface area contributed by atoms with E-state index in [1.807, 2.05) is 0 Å². The van der Waals surface area contributed by atoms with E-state index in [2.05, 4.69) is 0 Å². The smallest absolute Gasteiger partial charge is 0.335 e. The number of carboxylic acid groups (broad SMARTS) is 1. The van der Waals surface area contributed by atoms with Crippen LogP contribution in [0.15, 0.2) is 42.5 Å². The van der Waals surface area contributed by atoms with Crippen LogP contribution < -0.4 is 9.47 Å². The molecule has 20 heavy (non-hydrogen) atoms. The fraction of sp³-hybridized carbons (Fsp3) is 0.133. The predicted molar refractivity (Wildman–Crippen MR) is 75.7 cm³/mol. The lowest BCUT2D eigenvalue weighted by atomic mass is 10.1. The summed E-state index contributed by atoms with van der Waals surface area (Å²) in [7, 11) is 1.56. The average molecular weight is 293 g/mol. The molecule has 0 bridgehead atoms. The van der Waals surface area contributed by atoms with Gasteiger partial charge in [-0.3, -0.25) is 0 Å². The maximum absolute atomic E-state index is 10.9. The normalized spacial score (nSPS) is 10.1. The van der Waals surface area contributed by atoms with Crippen LogP contribution in [0.3, 0.4) is 0 Å². The van der Waals surface area contributed by atoms with Crippen LogP contribution in [0.2, 0.25) is 5.02 Å². The molecule has 0 aromatic heterocycles. The minimum Gasteiger partial charge on any atom is -0.497 e. The van der Waals surface area contributed by atoms with E-state index in [0.29, 0.717) is 16.5 Å². The fourth-order valence-corrected chi connectivity index (χ4v) is 1.91. The molecule has 0 saturated heterocycles. The fourth-order valence-electron chi connectivity index (χ4n) is 1.68. The molecule has 2 aromatic rings. The first-order valence-corrected chi connectivity index (χ1v) is 6.26. The van der Waals surface area contributed by atoms with E-state index < -0.39 is 5.97 Å². The van der Waals surface area contributed by atoms with Gasteiger partial charge in [-0.05, 0) is 29.8 Å². The van der Waals surface area contributed by atoms with E-state index in [-0.39, 0.29) is 12.2 Å². The van der Waals surface area contributed by atoms with Crippen LogP contribution in [-0.2, 0) is 6.61 Å². The lowest BCUT2D eigenvalue weighted by molar-refractivity contribution is 0.0696. The lowest BCUT2D eigenvalue weighted by Gasteiger charge is -2.09. The molecule has 104 valence electrons. The topological polar surface area (TPSA) is 55.8 Å². The molecule has 0 aliphatic carbocycles. The van der Waals surface area contributed by atoms with Crippen LogP contribution >= 0.6 is 11.6 Å². The molecule has 0 aliphatic rings. The Hall–Kier alpha value is -2.20. The van der Waals surface area contributed by atoms with Gasteiger partial charge in [0.25, 0.3) is 0 Å². The van der Waals surface area contributed by atoms with Crippen LogP contribution in [0.5, 0.6) is 11.5 Å². The van der Waals surface area contributed by atoms with Gasteiger partial charge in [0.15, 0.2) is 0 Å². The molecule has 0 spiro atoms. The number of ether oxygens (including phenoxy) is 2. The Morgan fingerprint density at radius 3 is 2.70 bits per heavy atom. The zero-order valence-corrected chi connectivity index (χ0v) is 11.6. The highest BCUT2D eigenvalue weighted by atomic mass is 35.5. The van der Waals surface area contributed by atoms with Crippen LogP contribution in [0, 0.1) is 0 Å². The molecule has 0 atom stereocenters. The highest BCUT2D eigenvalue weighted by molar-refractivity contribution is 6.32. The van der Waals surface area contributed by atoms with E-state index in [1.165, 1.54) is 6.07 Å². The summed E-state index contributed by atoms with van der Waals surface area (Å²) in [6.45, 7) is 0.243. The number of halogens is 1. The Labute approximate surface area is 121 Å². The summed E-state index contributed by atoms with van der Waals surface area (Å²) in [5.74, 6) is 0.206. The van der Waals surface area contributed by atoms with E-state index in [0.717, 1.165) is 5.56 Å². The van der Waals surface area contributed by atoms with Crippen molar-refractivity contribution in [2.24, 2.45) is 0 Å². The van der Waals surface area contributed by atoms with Gasteiger partial charge in [-0.25, -0.2) is 4.79 Å². The molecule has 0 aliphatic heterocycles. The Morgan fingerprint density at radius 1 is 1.25 bits per heavy atom. The first kappa shape index (κ1) is 14.2. The number of rotatable bonds is 5. The first-order chi connectivity index (χ1) is 9.60. The Morgan fingerprint density at radius 2 is 2.05 bits per heavy atom. The number of methoxy groups -OCH3 is 1. The highest BCUT2D eigenvalue weighted by Crippen LogP contribution is 2.29. The Kier molecular flexibility index (Phi) is 4.48. The second kappa shape index (κ2) is 6.30. The van der Waals surface area contributed by atoms with Crippen molar-refractivity contribution in [3.8, 4) is 11.5 Å². The molecule has 0 saturated carbocycles. The van der Waals surface area contributed by atoms with Crippen LogP contribution in [-0.4, -0.2) is 18.2 Å². The summed E-state index contributed by atoms with van der Waals surface area (Å²) in [4.78, 5) is 10.9. The summed E-state index contributed by atoms with van der Waals surface area (Å²) in [5.41, 5.74) is 0.990. The number of benzene rings is 2. The van der Waals surface area contributed by atoms with Crippen molar-refractivity contribution in [2.45, 2.75) is 6.61 Å². The molecule has 2 aromatic carbocycles. The zero-order chi connectivity index (χ0) is 14.5. The summed E-state index contributed by atoms with van der Waals surface area (Å²) in [6, 6.07) is 11.7. The number of carbonyl (C=O) groups is 1. The zero-order valence-electron chi connectivity index (χ0n) is 10.8. The molecular weight excluding hydrogens is 280 g/mol. The molecule has 0 amide bonds. The van der Waals surface area contributed by atoms with Crippen molar-refractivity contribution in [1.29, 1.82) is 0 Å². The van der Waals surface area contributed by atoms with Gasteiger partial charge in [-0.15, -0.1) is 0 Å². The van der Waals surface area contributed by atoms with Crippen molar-refractivity contribution in [2.75, 3.05) is 7.11 Å². The second-order valence-electron chi connectivity index (χ2n) is 4.09. The number of aromatic carboxylic acids is 1. The Balaban J connectivity index is 2.09. The monoisotopic (exact) mass is 292 g/mol. The van der Waals surface area contributed by atoms with Crippen molar-refractivity contribution >= 4 is 17.6 Å². The summed E-state index contributed by atoms with van der Waals surface area (Å²) in [5, 5.41) is 9.36. The van der Waals surface area contributed by atoms with E-state index in [9.17, 15) is 4.79 Å². The molecule has 0 unspecified atom stereocenters. The number of hydrogen-bond acceptors (Lipinski definition) is 3. The molecular formula is C15H13ClO4. The minimum absolute atomic E-state index is 0.229. The van der Waals surface area contributed by atoms with Gasteiger partial charge < -0.3 is 14.6 Å². The SMILES string of the molecule is COc1ccc(OCc2cccc(C(=O)O)c2)c(Cl)c1. The van der Waals surface area contributed by atoms with Gasteiger partial charge in [0, 0.05) is 6.07 Å². The summed E-state index contributed by atoms with van der Waals surface area (Å²) >= 11 is 6.06. The highest BCUT2D eigenvalue weighted by Gasteiger charge is 2.06. The van der Waals surface area contributed by atoms with Gasteiger partial charge in [0.1, 0.15) is 18.1 Å². The van der Waals surface area contributed by atoms with Crippen LogP contribution in [0.25, 0.3) is 0 Å². The van der Waals surface area contributed by atoms with Gasteiger partial charge >= 0.3 is 5.97 Å². The third-order valence-electron chi connectivity index (χ3n) is 2.71. The third kappa shape index (κ3) is 3.42. The molecule has 0 fully saturated rings. The molecule has 4 nitrogen and oxygen atoms in total. The molecule has 0 radical (unpaired) electrons. The predicted octanol–water partition coefficient (Wildman–Crippen LogP) is 3.63.